The summed E-state index contributed by atoms with van der Waals surface area (Å²) in [7, 11) is 1.32. The summed E-state index contributed by atoms with van der Waals surface area (Å²) in [6, 6.07) is 15.2. The van der Waals surface area contributed by atoms with Crippen molar-refractivity contribution in [2.75, 3.05) is 59.7 Å². The number of benzene rings is 2. The summed E-state index contributed by atoms with van der Waals surface area (Å²) in [6.45, 7) is 9.87. The average molecular weight is 603 g/mol. The monoisotopic (exact) mass is 601 g/mol. The Kier molecular flexibility index (Phi) is 11.2. The van der Waals surface area contributed by atoms with Crippen molar-refractivity contribution in [3.63, 3.8) is 0 Å². The molecule has 1 atom stereocenters. The molecule has 2 aromatic rings. The largest absolute Gasteiger partial charge is 0.466 e. The summed E-state index contributed by atoms with van der Waals surface area (Å²) in [5.74, 6) is -1.84. The molecule has 2 heterocycles. The van der Waals surface area contributed by atoms with Crippen LogP contribution in [0, 0.1) is 0 Å². The molecule has 0 spiro atoms. The summed E-state index contributed by atoms with van der Waals surface area (Å²) >= 11 is 12.6. The molecule has 4 rings (SSSR count). The molecule has 1 saturated heterocycles. The second-order valence-electron chi connectivity index (χ2n) is 10.0. The van der Waals surface area contributed by atoms with Gasteiger partial charge >= 0.3 is 11.9 Å². The number of allylic oxidation sites excluding steroid dienone is 1. The van der Waals surface area contributed by atoms with Gasteiger partial charge in [0.05, 0.1) is 49.7 Å². The van der Waals surface area contributed by atoms with E-state index in [2.05, 4.69) is 27.2 Å². The Morgan fingerprint density at radius 1 is 0.951 bits per heavy atom. The molecule has 220 valence electrons. The van der Waals surface area contributed by atoms with Crippen LogP contribution in [0.5, 0.6) is 0 Å². The number of nitrogens with one attached hydrogen (secondary N) is 1. The smallest absolute Gasteiger partial charge is 0.336 e. The quantitative estimate of drug-likeness (QED) is 0.291. The minimum atomic E-state index is -0.760. The average Bonchev–Trinajstić information content (AvgIpc) is 2.97. The van der Waals surface area contributed by atoms with Crippen LogP contribution < -0.4 is 5.32 Å². The van der Waals surface area contributed by atoms with Crippen molar-refractivity contribution < 1.29 is 23.8 Å². The topological polar surface area (TPSA) is 80.3 Å². The maximum absolute atomic E-state index is 13.3. The summed E-state index contributed by atoms with van der Waals surface area (Å²) < 4.78 is 16.6. The van der Waals surface area contributed by atoms with Crippen LogP contribution >= 0.6 is 23.2 Å². The second-order valence-corrected chi connectivity index (χ2v) is 10.9. The van der Waals surface area contributed by atoms with E-state index < -0.39 is 17.9 Å². The highest BCUT2D eigenvalue weighted by molar-refractivity contribution is 6.31. The number of hydrogen-bond acceptors (Lipinski definition) is 8. The first kappa shape index (κ1) is 31.1. The molecule has 8 nitrogen and oxygen atoms in total. The fraction of sp³-hybridized carbons (Fsp3) is 0.419. The standard InChI is InChI=1S/C31H37Cl2N3O5/c1-4-41-31(38)29-26(34-21(2)27(30(37)39-3)28(29)24-7-5-6-8-25(24)33)20-40-18-17-35-13-15-36(16-14-35)19-22-9-11-23(32)12-10-22/h5-12,28,34H,4,13-20H2,1-3H3. The van der Waals surface area contributed by atoms with Crippen molar-refractivity contribution in [2.45, 2.75) is 26.3 Å². The van der Waals surface area contributed by atoms with E-state index in [4.69, 9.17) is 37.4 Å². The Morgan fingerprint density at radius 2 is 1.63 bits per heavy atom. The van der Waals surface area contributed by atoms with Crippen LogP contribution in [-0.2, 0) is 30.3 Å². The van der Waals surface area contributed by atoms with Crippen LogP contribution in [0.15, 0.2) is 71.1 Å². The van der Waals surface area contributed by atoms with Crippen molar-refractivity contribution in [3.8, 4) is 0 Å². The van der Waals surface area contributed by atoms with Crippen LogP contribution in [0.3, 0.4) is 0 Å². The number of carbonyl (C=O) groups excluding carboxylic acids is 2. The lowest BCUT2D eigenvalue weighted by Gasteiger charge is -2.35. The molecule has 2 aliphatic heterocycles. The van der Waals surface area contributed by atoms with Gasteiger partial charge in [-0.1, -0.05) is 53.5 Å². The van der Waals surface area contributed by atoms with Gasteiger partial charge in [0, 0.05) is 55.0 Å². The van der Waals surface area contributed by atoms with E-state index in [-0.39, 0.29) is 13.2 Å². The lowest BCUT2D eigenvalue weighted by atomic mass is 9.80. The lowest BCUT2D eigenvalue weighted by Crippen LogP contribution is -2.46. The van der Waals surface area contributed by atoms with E-state index in [9.17, 15) is 9.59 Å². The van der Waals surface area contributed by atoms with Gasteiger partial charge in [0.1, 0.15) is 0 Å². The zero-order valence-electron chi connectivity index (χ0n) is 23.8. The first-order chi connectivity index (χ1) is 19.8. The Bertz CT molecular complexity index is 1290. The first-order valence-electron chi connectivity index (χ1n) is 13.8. The Balaban J connectivity index is 1.42. The highest BCUT2D eigenvalue weighted by Crippen LogP contribution is 2.41. The molecule has 10 heteroatoms. The van der Waals surface area contributed by atoms with Crippen molar-refractivity contribution in [1.82, 2.24) is 15.1 Å². The third kappa shape index (κ3) is 7.90. The highest BCUT2D eigenvalue weighted by atomic mass is 35.5. The fourth-order valence-electron chi connectivity index (χ4n) is 5.25. The highest BCUT2D eigenvalue weighted by Gasteiger charge is 2.39. The molecular formula is C31H37Cl2N3O5. The molecule has 1 unspecified atom stereocenters. The van der Waals surface area contributed by atoms with E-state index in [1.165, 1.54) is 12.7 Å². The Morgan fingerprint density at radius 3 is 2.29 bits per heavy atom. The molecule has 0 aliphatic carbocycles. The van der Waals surface area contributed by atoms with Gasteiger partial charge in [0.15, 0.2) is 0 Å². The zero-order valence-corrected chi connectivity index (χ0v) is 25.3. The van der Waals surface area contributed by atoms with Crippen LogP contribution in [0.1, 0.15) is 30.9 Å². The van der Waals surface area contributed by atoms with Gasteiger partial charge in [-0.15, -0.1) is 0 Å². The van der Waals surface area contributed by atoms with Gasteiger partial charge in [0.25, 0.3) is 0 Å². The van der Waals surface area contributed by atoms with E-state index in [0.29, 0.717) is 39.7 Å². The Hall–Kier alpha value is -2.88. The molecule has 0 amide bonds. The molecule has 2 aliphatic rings. The molecule has 41 heavy (non-hydrogen) atoms. The van der Waals surface area contributed by atoms with E-state index in [1.54, 1.807) is 32.0 Å². The third-order valence-electron chi connectivity index (χ3n) is 7.34. The van der Waals surface area contributed by atoms with E-state index >= 15 is 0 Å². The van der Waals surface area contributed by atoms with Crippen molar-refractivity contribution in [3.05, 3.63) is 92.2 Å². The molecule has 2 aromatic carbocycles. The predicted molar refractivity (Wildman–Crippen MR) is 160 cm³/mol. The summed E-state index contributed by atoms with van der Waals surface area (Å²) in [5, 5.41) is 4.41. The number of hydrogen-bond donors (Lipinski definition) is 1. The minimum Gasteiger partial charge on any atom is -0.466 e. The zero-order chi connectivity index (χ0) is 29.4. The van der Waals surface area contributed by atoms with E-state index in [0.717, 1.165) is 44.3 Å². The van der Waals surface area contributed by atoms with Gasteiger partial charge in [-0.25, -0.2) is 9.59 Å². The van der Waals surface area contributed by atoms with Crippen molar-refractivity contribution in [1.29, 1.82) is 0 Å². The third-order valence-corrected chi connectivity index (χ3v) is 7.94. The summed E-state index contributed by atoms with van der Waals surface area (Å²) in [6.07, 6.45) is 0. The van der Waals surface area contributed by atoms with Gasteiger partial charge in [-0.05, 0) is 43.2 Å². The number of piperazine rings is 1. The number of halogens is 2. The molecule has 0 bridgehead atoms. The maximum atomic E-state index is 13.3. The number of methoxy groups -OCH3 is 1. The molecule has 0 aromatic heterocycles. The van der Waals surface area contributed by atoms with Gasteiger partial charge in [-0.3, -0.25) is 9.80 Å². The lowest BCUT2D eigenvalue weighted by molar-refractivity contribution is -0.139. The molecular weight excluding hydrogens is 565 g/mol. The van der Waals surface area contributed by atoms with Crippen LogP contribution in [0.4, 0.5) is 0 Å². The molecule has 0 radical (unpaired) electrons. The number of rotatable bonds is 11. The predicted octanol–water partition coefficient (Wildman–Crippen LogP) is 4.78. The van der Waals surface area contributed by atoms with Gasteiger partial charge in [0.2, 0.25) is 0 Å². The maximum Gasteiger partial charge on any atom is 0.336 e. The molecule has 1 N–H and O–H groups in total. The van der Waals surface area contributed by atoms with Crippen molar-refractivity contribution in [2.24, 2.45) is 0 Å². The normalized spacial score (nSPS) is 18.3. The number of esters is 2. The van der Waals surface area contributed by atoms with Crippen LogP contribution in [-0.4, -0.2) is 81.4 Å². The minimum absolute atomic E-state index is 0.150. The number of nitrogens with zero attached hydrogens (tertiary/aromatic N) is 2. The molecule has 1 fully saturated rings. The van der Waals surface area contributed by atoms with Crippen molar-refractivity contribution >= 4 is 35.1 Å². The first-order valence-corrected chi connectivity index (χ1v) is 14.6. The van der Waals surface area contributed by atoms with Gasteiger partial charge in [-0.2, -0.15) is 0 Å². The van der Waals surface area contributed by atoms with Crippen LogP contribution in [0.2, 0.25) is 10.0 Å². The SMILES string of the molecule is CCOC(=O)C1=C(COCCN2CCN(Cc3ccc(Cl)cc3)CC2)NC(C)=C(C(=O)OC)C1c1ccccc1Cl. The fourth-order valence-corrected chi connectivity index (χ4v) is 5.62. The molecule has 0 saturated carbocycles. The van der Waals surface area contributed by atoms with Crippen LogP contribution in [0.25, 0.3) is 0 Å². The summed E-state index contributed by atoms with van der Waals surface area (Å²) in [4.78, 5) is 31.0. The number of dihydropyridines is 1. The van der Waals surface area contributed by atoms with Gasteiger partial charge < -0.3 is 19.5 Å². The Labute approximate surface area is 251 Å². The van der Waals surface area contributed by atoms with E-state index in [1.807, 2.05) is 18.2 Å². The number of ether oxygens (including phenoxy) is 3. The summed E-state index contributed by atoms with van der Waals surface area (Å²) in [5.41, 5.74) is 3.60. The second kappa shape index (κ2) is 14.8. The number of carbonyl (C=O) groups is 2.